The number of ether oxygens (including phenoxy) is 1. The van der Waals surface area contributed by atoms with E-state index < -0.39 is 0 Å². The van der Waals surface area contributed by atoms with Crippen LogP contribution in [0.25, 0.3) is 0 Å². The number of aromatic nitrogens is 2. The highest BCUT2D eigenvalue weighted by molar-refractivity contribution is 8.01. The van der Waals surface area contributed by atoms with Crippen LogP contribution >= 0.6 is 23.1 Å². The molecule has 6 heteroatoms. The third-order valence-electron chi connectivity index (χ3n) is 2.01. The summed E-state index contributed by atoms with van der Waals surface area (Å²) < 4.78 is 5.92. The minimum atomic E-state index is -0.368. The highest BCUT2D eigenvalue weighted by atomic mass is 32.2. The molecule has 1 rings (SSSR count). The molecule has 0 amide bonds. The molecule has 1 unspecified atom stereocenters. The Balaban J connectivity index is 2.52. The van der Waals surface area contributed by atoms with Crippen LogP contribution < -0.4 is 0 Å². The van der Waals surface area contributed by atoms with Gasteiger partial charge in [0.15, 0.2) is 4.34 Å². The lowest BCUT2D eigenvalue weighted by molar-refractivity contribution is 0.0457. The van der Waals surface area contributed by atoms with Crippen molar-refractivity contribution in [2.45, 2.75) is 43.7 Å². The van der Waals surface area contributed by atoms with E-state index >= 15 is 0 Å². The van der Waals surface area contributed by atoms with Gasteiger partial charge in [0, 0.05) is 5.25 Å². The highest BCUT2D eigenvalue weighted by Gasteiger charge is 2.16. The van der Waals surface area contributed by atoms with Gasteiger partial charge in [-0.2, -0.15) is 0 Å². The molecular weight excluding hydrogens is 256 g/mol. The Morgan fingerprint density at radius 1 is 1.41 bits per heavy atom. The van der Waals surface area contributed by atoms with Crippen LogP contribution in [0, 0.1) is 5.92 Å². The molecule has 0 radical (unpaired) electrons. The monoisotopic (exact) mass is 274 g/mol. The fourth-order valence-corrected chi connectivity index (χ4v) is 2.89. The van der Waals surface area contributed by atoms with Crippen molar-refractivity contribution in [2.75, 3.05) is 6.61 Å². The number of esters is 1. The van der Waals surface area contributed by atoms with Gasteiger partial charge in [0.05, 0.1) is 6.61 Å². The van der Waals surface area contributed by atoms with Gasteiger partial charge in [0.25, 0.3) is 0 Å². The van der Waals surface area contributed by atoms with Gasteiger partial charge in [-0.3, -0.25) is 0 Å². The van der Waals surface area contributed by atoms with E-state index in [0.717, 1.165) is 10.8 Å². The third kappa shape index (κ3) is 5.04. The summed E-state index contributed by atoms with van der Waals surface area (Å²) >= 11 is 2.95. The van der Waals surface area contributed by atoms with Crippen molar-refractivity contribution in [3.63, 3.8) is 0 Å². The summed E-state index contributed by atoms with van der Waals surface area (Å²) in [4.78, 5) is 11.6. The number of nitrogens with zero attached hydrogens (tertiary/aromatic N) is 2. The van der Waals surface area contributed by atoms with E-state index in [0.29, 0.717) is 22.8 Å². The molecule has 0 N–H and O–H groups in total. The van der Waals surface area contributed by atoms with Gasteiger partial charge in [-0.05, 0) is 12.3 Å². The number of rotatable bonds is 6. The van der Waals surface area contributed by atoms with Crippen molar-refractivity contribution >= 4 is 29.1 Å². The van der Waals surface area contributed by atoms with Crippen LogP contribution in [0.1, 0.15) is 43.9 Å². The Morgan fingerprint density at radius 3 is 2.71 bits per heavy atom. The zero-order valence-corrected chi connectivity index (χ0v) is 12.2. The van der Waals surface area contributed by atoms with Crippen LogP contribution in [0.15, 0.2) is 4.34 Å². The van der Waals surface area contributed by atoms with Gasteiger partial charge in [-0.25, -0.2) is 4.79 Å². The molecule has 1 aromatic rings. The fourth-order valence-electron chi connectivity index (χ4n) is 0.899. The minimum Gasteiger partial charge on any atom is -0.460 e. The van der Waals surface area contributed by atoms with E-state index in [1.807, 2.05) is 13.8 Å². The number of thioether (sulfide) groups is 1. The molecule has 0 aliphatic heterocycles. The quantitative estimate of drug-likeness (QED) is 0.589. The molecule has 17 heavy (non-hydrogen) atoms. The zero-order chi connectivity index (χ0) is 12.8. The molecule has 0 saturated carbocycles. The van der Waals surface area contributed by atoms with Crippen LogP contribution in [0.4, 0.5) is 0 Å². The predicted molar refractivity (Wildman–Crippen MR) is 70.6 cm³/mol. The van der Waals surface area contributed by atoms with E-state index in [4.69, 9.17) is 4.74 Å². The second-order valence-corrected chi connectivity index (χ2v) is 6.87. The number of carbonyl (C=O) groups excluding carboxylic acids is 1. The normalized spacial score (nSPS) is 12.8. The van der Waals surface area contributed by atoms with Crippen molar-refractivity contribution < 1.29 is 9.53 Å². The van der Waals surface area contributed by atoms with Gasteiger partial charge in [0.1, 0.15) is 0 Å². The molecule has 0 aromatic carbocycles. The highest BCUT2D eigenvalue weighted by Crippen LogP contribution is 2.28. The Labute approximate surface area is 110 Å². The summed E-state index contributed by atoms with van der Waals surface area (Å²) in [6, 6.07) is 0. The van der Waals surface area contributed by atoms with E-state index in [1.165, 1.54) is 11.3 Å². The SMILES string of the molecule is CCC(C)Sc1nnc(C(=O)OCC(C)C)s1. The van der Waals surface area contributed by atoms with Crippen LogP contribution in [0.2, 0.25) is 0 Å². The van der Waals surface area contributed by atoms with Gasteiger partial charge >= 0.3 is 5.97 Å². The van der Waals surface area contributed by atoms with Crippen LogP contribution in [-0.2, 0) is 4.74 Å². The van der Waals surface area contributed by atoms with Gasteiger partial charge < -0.3 is 4.74 Å². The maximum Gasteiger partial charge on any atom is 0.369 e. The van der Waals surface area contributed by atoms with Crippen molar-refractivity contribution in [3.8, 4) is 0 Å². The topological polar surface area (TPSA) is 52.1 Å². The first-order valence-electron chi connectivity index (χ1n) is 5.70. The van der Waals surface area contributed by atoms with Crippen LogP contribution in [0.5, 0.6) is 0 Å². The minimum absolute atomic E-state index is 0.334. The second-order valence-electron chi connectivity index (χ2n) is 4.20. The number of hydrogen-bond donors (Lipinski definition) is 0. The molecule has 0 saturated heterocycles. The number of carbonyl (C=O) groups is 1. The molecule has 0 fully saturated rings. The summed E-state index contributed by atoms with van der Waals surface area (Å²) in [5.74, 6) is -0.0342. The first kappa shape index (κ1) is 14.4. The fraction of sp³-hybridized carbons (Fsp3) is 0.727. The van der Waals surface area contributed by atoms with Crippen LogP contribution in [-0.4, -0.2) is 28.0 Å². The Kier molecular flexibility index (Phi) is 5.91. The lowest BCUT2D eigenvalue weighted by Gasteiger charge is -2.04. The van der Waals surface area contributed by atoms with E-state index in [-0.39, 0.29) is 5.97 Å². The summed E-state index contributed by atoms with van der Waals surface area (Å²) in [6.07, 6.45) is 1.07. The average Bonchev–Trinajstić information content (AvgIpc) is 2.74. The number of hydrogen-bond acceptors (Lipinski definition) is 6. The average molecular weight is 274 g/mol. The standard InChI is InChI=1S/C11H18N2O2S2/c1-5-8(4)16-11-13-12-9(17-11)10(14)15-6-7(2)3/h7-8H,5-6H2,1-4H3. The molecule has 96 valence electrons. The Hall–Kier alpha value is -0.620. The molecular formula is C11H18N2O2S2. The molecule has 1 heterocycles. The smallest absolute Gasteiger partial charge is 0.369 e. The Morgan fingerprint density at radius 2 is 2.12 bits per heavy atom. The molecule has 0 spiro atoms. The molecule has 4 nitrogen and oxygen atoms in total. The van der Waals surface area contributed by atoms with E-state index in [9.17, 15) is 4.79 Å². The first-order valence-corrected chi connectivity index (χ1v) is 7.39. The first-order chi connectivity index (χ1) is 8.02. The lowest BCUT2D eigenvalue weighted by Crippen LogP contribution is -2.09. The molecule has 0 aliphatic rings. The maximum absolute atomic E-state index is 11.6. The summed E-state index contributed by atoms with van der Waals surface area (Å²) in [6.45, 7) is 8.67. The van der Waals surface area contributed by atoms with Gasteiger partial charge in [-0.15, -0.1) is 10.2 Å². The summed E-state index contributed by atoms with van der Waals surface area (Å²) in [7, 11) is 0. The zero-order valence-electron chi connectivity index (χ0n) is 10.6. The summed E-state index contributed by atoms with van der Waals surface area (Å²) in [5, 5.41) is 8.67. The molecule has 1 aromatic heterocycles. The Bertz CT molecular complexity index is 366. The van der Waals surface area contributed by atoms with Gasteiger partial charge in [0.2, 0.25) is 5.01 Å². The lowest BCUT2D eigenvalue weighted by atomic mass is 10.2. The predicted octanol–water partition coefficient (Wildman–Crippen LogP) is 3.24. The summed E-state index contributed by atoms with van der Waals surface area (Å²) in [5.41, 5.74) is 0. The van der Waals surface area contributed by atoms with Crippen molar-refractivity contribution in [1.29, 1.82) is 0 Å². The van der Waals surface area contributed by atoms with Crippen molar-refractivity contribution in [1.82, 2.24) is 10.2 Å². The van der Waals surface area contributed by atoms with Crippen molar-refractivity contribution in [3.05, 3.63) is 5.01 Å². The molecule has 0 aliphatic carbocycles. The maximum atomic E-state index is 11.6. The van der Waals surface area contributed by atoms with E-state index in [2.05, 4.69) is 24.0 Å². The van der Waals surface area contributed by atoms with Crippen molar-refractivity contribution in [2.24, 2.45) is 5.92 Å². The second kappa shape index (κ2) is 6.96. The third-order valence-corrected chi connectivity index (χ3v) is 4.26. The van der Waals surface area contributed by atoms with Crippen LogP contribution in [0.3, 0.4) is 0 Å². The molecule has 0 bridgehead atoms. The largest absolute Gasteiger partial charge is 0.460 e. The van der Waals surface area contributed by atoms with E-state index in [1.54, 1.807) is 11.8 Å². The van der Waals surface area contributed by atoms with Gasteiger partial charge in [-0.1, -0.05) is 50.8 Å². The molecule has 1 atom stereocenters.